The molecule has 0 heterocycles. The lowest BCUT2D eigenvalue weighted by Crippen LogP contribution is -2.24. The van der Waals surface area contributed by atoms with Crippen LogP contribution < -0.4 is 5.32 Å². The average Bonchev–Trinajstić information content (AvgIpc) is 2.16. The molecule has 0 aromatic heterocycles. The van der Waals surface area contributed by atoms with Gasteiger partial charge in [0.15, 0.2) is 0 Å². The highest BCUT2D eigenvalue weighted by Gasteiger charge is 2.14. The molecule has 0 saturated heterocycles. The minimum Gasteiger partial charge on any atom is -0.359 e. The van der Waals surface area contributed by atoms with E-state index < -0.39 is 0 Å². The van der Waals surface area contributed by atoms with E-state index in [0.717, 1.165) is 5.56 Å². The standard InChI is InChI=1S/C11H15NO/c1-8-6-4-5-7-10(8)9(2)11(13)12-3/h4-7,9H,1-3H3,(H,12,13). The van der Waals surface area contributed by atoms with Gasteiger partial charge in [-0.15, -0.1) is 0 Å². The zero-order valence-corrected chi connectivity index (χ0v) is 8.29. The molecule has 0 bridgehead atoms. The predicted octanol–water partition coefficient (Wildman–Crippen LogP) is 1.84. The molecule has 2 heteroatoms. The van der Waals surface area contributed by atoms with Crippen LogP contribution in [-0.4, -0.2) is 13.0 Å². The summed E-state index contributed by atoms with van der Waals surface area (Å²) in [4.78, 5) is 11.4. The van der Waals surface area contributed by atoms with Gasteiger partial charge in [0.1, 0.15) is 0 Å². The summed E-state index contributed by atoms with van der Waals surface area (Å²) in [6.45, 7) is 3.94. The Morgan fingerprint density at radius 2 is 2.00 bits per heavy atom. The first kappa shape index (κ1) is 9.78. The topological polar surface area (TPSA) is 29.1 Å². The summed E-state index contributed by atoms with van der Waals surface area (Å²) in [5.41, 5.74) is 2.26. The van der Waals surface area contributed by atoms with Crippen LogP contribution in [0.1, 0.15) is 24.0 Å². The molecule has 1 unspecified atom stereocenters. The van der Waals surface area contributed by atoms with E-state index >= 15 is 0 Å². The fourth-order valence-corrected chi connectivity index (χ4v) is 1.43. The van der Waals surface area contributed by atoms with Crippen LogP contribution in [-0.2, 0) is 4.79 Å². The summed E-state index contributed by atoms with van der Waals surface area (Å²) in [7, 11) is 1.66. The van der Waals surface area contributed by atoms with Crippen molar-refractivity contribution in [1.82, 2.24) is 5.32 Å². The maximum Gasteiger partial charge on any atom is 0.227 e. The molecule has 1 aromatic rings. The van der Waals surface area contributed by atoms with Crippen LogP contribution in [0.5, 0.6) is 0 Å². The third-order valence-corrected chi connectivity index (χ3v) is 2.29. The van der Waals surface area contributed by atoms with Gasteiger partial charge in [-0.05, 0) is 25.0 Å². The Bertz CT molecular complexity index is 307. The maximum atomic E-state index is 11.4. The van der Waals surface area contributed by atoms with Gasteiger partial charge in [0.25, 0.3) is 0 Å². The Balaban J connectivity index is 2.95. The monoisotopic (exact) mass is 177 g/mol. The maximum absolute atomic E-state index is 11.4. The Kier molecular flexibility index (Phi) is 3.07. The van der Waals surface area contributed by atoms with Crippen LogP contribution in [0.2, 0.25) is 0 Å². The second-order valence-electron chi connectivity index (χ2n) is 3.19. The molecule has 1 amide bonds. The Morgan fingerprint density at radius 3 is 2.54 bits per heavy atom. The predicted molar refractivity (Wildman–Crippen MR) is 53.7 cm³/mol. The highest BCUT2D eigenvalue weighted by Crippen LogP contribution is 2.18. The fourth-order valence-electron chi connectivity index (χ4n) is 1.43. The average molecular weight is 177 g/mol. The SMILES string of the molecule is CNC(=O)C(C)c1ccccc1C. The number of hydrogen-bond donors (Lipinski definition) is 1. The minimum atomic E-state index is -0.0637. The summed E-state index contributed by atoms with van der Waals surface area (Å²) in [5, 5.41) is 2.65. The van der Waals surface area contributed by atoms with Gasteiger partial charge in [-0.25, -0.2) is 0 Å². The number of hydrogen-bond acceptors (Lipinski definition) is 1. The number of benzene rings is 1. The lowest BCUT2D eigenvalue weighted by molar-refractivity contribution is -0.121. The molecule has 1 rings (SSSR count). The summed E-state index contributed by atoms with van der Waals surface area (Å²) in [5.74, 6) is 0.000463. The van der Waals surface area contributed by atoms with Gasteiger partial charge in [0.05, 0.1) is 5.92 Å². The van der Waals surface area contributed by atoms with Crippen molar-refractivity contribution in [3.05, 3.63) is 35.4 Å². The van der Waals surface area contributed by atoms with Crippen LogP contribution in [0.15, 0.2) is 24.3 Å². The first-order valence-corrected chi connectivity index (χ1v) is 4.44. The largest absolute Gasteiger partial charge is 0.359 e. The molecule has 1 atom stereocenters. The van der Waals surface area contributed by atoms with E-state index in [4.69, 9.17) is 0 Å². The summed E-state index contributed by atoms with van der Waals surface area (Å²) in [6, 6.07) is 7.96. The number of carbonyl (C=O) groups excluding carboxylic acids is 1. The van der Waals surface area contributed by atoms with Gasteiger partial charge in [-0.3, -0.25) is 4.79 Å². The van der Waals surface area contributed by atoms with E-state index in [0.29, 0.717) is 0 Å². The van der Waals surface area contributed by atoms with E-state index in [1.807, 2.05) is 38.1 Å². The van der Waals surface area contributed by atoms with Crippen molar-refractivity contribution in [3.63, 3.8) is 0 Å². The number of aryl methyl sites for hydroxylation is 1. The molecule has 0 spiro atoms. The number of amides is 1. The molecule has 0 radical (unpaired) electrons. The number of carbonyl (C=O) groups is 1. The highest BCUT2D eigenvalue weighted by atomic mass is 16.1. The second kappa shape index (κ2) is 4.08. The second-order valence-corrected chi connectivity index (χ2v) is 3.19. The van der Waals surface area contributed by atoms with Crippen LogP contribution >= 0.6 is 0 Å². The van der Waals surface area contributed by atoms with Gasteiger partial charge in [-0.2, -0.15) is 0 Å². The van der Waals surface area contributed by atoms with Gasteiger partial charge in [-0.1, -0.05) is 24.3 Å². The third-order valence-electron chi connectivity index (χ3n) is 2.29. The molecular weight excluding hydrogens is 162 g/mol. The molecule has 0 aliphatic rings. The van der Waals surface area contributed by atoms with Crippen LogP contribution in [0.3, 0.4) is 0 Å². The van der Waals surface area contributed by atoms with Crippen molar-refractivity contribution in [1.29, 1.82) is 0 Å². The first-order valence-electron chi connectivity index (χ1n) is 4.44. The van der Waals surface area contributed by atoms with Gasteiger partial charge >= 0.3 is 0 Å². The Morgan fingerprint density at radius 1 is 1.38 bits per heavy atom. The van der Waals surface area contributed by atoms with Crippen molar-refractivity contribution in [2.75, 3.05) is 7.05 Å². The van der Waals surface area contributed by atoms with Crippen molar-refractivity contribution in [2.45, 2.75) is 19.8 Å². The number of nitrogens with one attached hydrogen (secondary N) is 1. The summed E-state index contributed by atoms with van der Waals surface area (Å²) in [6.07, 6.45) is 0. The van der Waals surface area contributed by atoms with Gasteiger partial charge < -0.3 is 5.32 Å². The number of rotatable bonds is 2. The minimum absolute atomic E-state index is 0.0637. The Hall–Kier alpha value is -1.31. The lowest BCUT2D eigenvalue weighted by Gasteiger charge is -2.12. The molecule has 13 heavy (non-hydrogen) atoms. The van der Waals surface area contributed by atoms with Crippen LogP contribution in [0, 0.1) is 6.92 Å². The van der Waals surface area contributed by atoms with E-state index in [-0.39, 0.29) is 11.8 Å². The normalized spacial score (nSPS) is 12.2. The Labute approximate surface area is 79.0 Å². The first-order chi connectivity index (χ1) is 6.16. The molecule has 1 N–H and O–H groups in total. The molecular formula is C11H15NO. The quantitative estimate of drug-likeness (QED) is 0.733. The molecule has 0 fully saturated rings. The molecule has 2 nitrogen and oxygen atoms in total. The third kappa shape index (κ3) is 2.08. The summed E-state index contributed by atoms with van der Waals surface area (Å²) >= 11 is 0. The van der Waals surface area contributed by atoms with Crippen molar-refractivity contribution < 1.29 is 4.79 Å². The molecule has 0 saturated carbocycles. The van der Waals surface area contributed by atoms with E-state index in [1.54, 1.807) is 7.05 Å². The molecule has 1 aromatic carbocycles. The smallest absolute Gasteiger partial charge is 0.227 e. The van der Waals surface area contributed by atoms with Gasteiger partial charge in [0, 0.05) is 7.05 Å². The lowest BCUT2D eigenvalue weighted by atomic mass is 9.96. The van der Waals surface area contributed by atoms with Crippen LogP contribution in [0.25, 0.3) is 0 Å². The number of likely N-dealkylation sites (N-methyl/N-ethyl adjacent to an activating group) is 1. The molecule has 70 valence electrons. The van der Waals surface area contributed by atoms with Crippen molar-refractivity contribution >= 4 is 5.91 Å². The zero-order chi connectivity index (χ0) is 9.84. The molecule has 0 aliphatic heterocycles. The van der Waals surface area contributed by atoms with Crippen LogP contribution in [0.4, 0.5) is 0 Å². The van der Waals surface area contributed by atoms with Crippen molar-refractivity contribution in [2.24, 2.45) is 0 Å². The van der Waals surface area contributed by atoms with E-state index in [9.17, 15) is 4.79 Å². The van der Waals surface area contributed by atoms with E-state index in [2.05, 4.69) is 5.32 Å². The zero-order valence-electron chi connectivity index (χ0n) is 8.29. The van der Waals surface area contributed by atoms with Gasteiger partial charge in [0.2, 0.25) is 5.91 Å². The fraction of sp³-hybridized carbons (Fsp3) is 0.364. The summed E-state index contributed by atoms with van der Waals surface area (Å²) < 4.78 is 0. The highest BCUT2D eigenvalue weighted by molar-refractivity contribution is 5.83. The molecule has 0 aliphatic carbocycles. The van der Waals surface area contributed by atoms with E-state index in [1.165, 1.54) is 5.56 Å². The van der Waals surface area contributed by atoms with Crippen molar-refractivity contribution in [3.8, 4) is 0 Å².